The van der Waals surface area contributed by atoms with Crippen LogP contribution in [-0.2, 0) is 0 Å². The number of rotatable bonds is 4. The fraction of sp³-hybridized carbons (Fsp3) is 0.444. The number of halogens is 1. The van der Waals surface area contributed by atoms with E-state index in [0.717, 1.165) is 0 Å². The monoisotopic (exact) mass is 289 g/mol. The van der Waals surface area contributed by atoms with Gasteiger partial charge in [0, 0.05) is 23.3 Å². The topological polar surface area (TPSA) is 88.3 Å². The molecule has 0 spiro atoms. The van der Waals surface area contributed by atoms with E-state index >= 15 is 0 Å². The van der Waals surface area contributed by atoms with Gasteiger partial charge in [-0.1, -0.05) is 0 Å². The molecule has 0 unspecified atom stereocenters. The second-order valence-corrected chi connectivity index (χ2v) is 4.86. The van der Waals surface area contributed by atoms with Gasteiger partial charge in [-0.2, -0.15) is 0 Å². The smallest absolute Gasteiger partial charge is 0.312 e. The Balaban J connectivity index is 2.91. The van der Waals surface area contributed by atoms with Crippen LogP contribution in [-0.4, -0.2) is 27.2 Å². The molecule has 1 rings (SSSR count). The van der Waals surface area contributed by atoms with Gasteiger partial charge >= 0.3 is 5.69 Å². The molecule has 0 amide bonds. The molecule has 0 aliphatic heterocycles. The number of anilines is 1. The lowest BCUT2D eigenvalue weighted by atomic mass is 10.1. The highest BCUT2D eigenvalue weighted by Gasteiger charge is 2.19. The van der Waals surface area contributed by atoms with Crippen LogP contribution in [0.1, 0.15) is 13.8 Å². The van der Waals surface area contributed by atoms with E-state index < -0.39 is 10.5 Å². The number of nitro groups is 1. The highest BCUT2D eigenvalue weighted by atomic mass is 79.9. The fourth-order valence-electron chi connectivity index (χ4n) is 1.00. The minimum absolute atomic E-state index is 0.126. The van der Waals surface area contributed by atoms with Gasteiger partial charge in [0.25, 0.3) is 0 Å². The predicted octanol–water partition coefficient (Wildman–Crippen LogP) is 1.94. The second-order valence-electron chi connectivity index (χ2n) is 3.94. The zero-order valence-corrected chi connectivity index (χ0v) is 10.5. The van der Waals surface area contributed by atoms with Crippen molar-refractivity contribution in [2.75, 3.05) is 11.9 Å². The molecule has 0 aliphatic carbocycles. The van der Waals surface area contributed by atoms with E-state index in [-0.39, 0.29) is 18.1 Å². The quantitative estimate of drug-likeness (QED) is 0.653. The molecule has 1 heterocycles. The van der Waals surface area contributed by atoms with Crippen LogP contribution in [0.25, 0.3) is 0 Å². The molecular weight excluding hydrogens is 278 g/mol. The van der Waals surface area contributed by atoms with Gasteiger partial charge in [-0.15, -0.1) is 0 Å². The Morgan fingerprint density at radius 2 is 2.31 bits per heavy atom. The summed E-state index contributed by atoms with van der Waals surface area (Å²) in [4.78, 5) is 14.1. The molecule has 6 nitrogen and oxygen atoms in total. The molecule has 1 aromatic heterocycles. The number of aliphatic hydroxyl groups is 1. The molecule has 0 atom stereocenters. The molecule has 0 radical (unpaired) electrons. The maximum atomic E-state index is 10.7. The van der Waals surface area contributed by atoms with Crippen molar-refractivity contribution in [1.29, 1.82) is 0 Å². The van der Waals surface area contributed by atoms with Crippen LogP contribution in [0.2, 0.25) is 0 Å². The van der Waals surface area contributed by atoms with Gasteiger partial charge in [0.05, 0.1) is 10.5 Å². The van der Waals surface area contributed by atoms with Crippen molar-refractivity contribution < 1.29 is 10.0 Å². The first kappa shape index (κ1) is 12.9. The molecule has 0 bridgehead atoms. The largest absolute Gasteiger partial charge is 0.389 e. The molecule has 0 saturated carbocycles. The minimum atomic E-state index is -0.956. The SMILES string of the molecule is CC(C)(O)CNc1ncc(Br)cc1[N+](=O)[O-]. The summed E-state index contributed by atoms with van der Waals surface area (Å²) in [5, 5.41) is 23.0. The summed E-state index contributed by atoms with van der Waals surface area (Å²) >= 11 is 3.11. The first-order valence-corrected chi connectivity index (χ1v) is 5.35. The number of hydrogen-bond donors (Lipinski definition) is 2. The number of hydrogen-bond acceptors (Lipinski definition) is 5. The van der Waals surface area contributed by atoms with E-state index in [1.54, 1.807) is 13.8 Å². The van der Waals surface area contributed by atoms with Gasteiger partial charge < -0.3 is 10.4 Å². The van der Waals surface area contributed by atoms with Gasteiger partial charge in [-0.25, -0.2) is 4.98 Å². The Bertz CT molecular complexity index is 403. The molecule has 88 valence electrons. The van der Waals surface area contributed by atoms with E-state index in [9.17, 15) is 15.2 Å². The Morgan fingerprint density at radius 1 is 1.69 bits per heavy atom. The van der Waals surface area contributed by atoms with Crippen molar-refractivity contribution in [3.05, 3.63) is 26.9 Å². The van der Waals surface area contributed by atoms with Crippen LogP contribution in [0.15, 0.2) is 16.7 Å². The van der Waals surface area contributed by atoms with Crippen LogP contribution in [0, 0.1) is 10.1 Å². The van der Waals surface area contributed by atoms with E-state index in [1.807, 2.05) is 0 Å². The Morgan fingerprint density at radius 3 is 2.81 bits per heavy atom. The van der Waals surface area contributed by atoms with Crippen LogP contribution in [0.4, 0.5) is 11.5 Å². The van der Waals surface area contributed by atoms with E-state index in [4.69, 9.17) is 0 Å². The summed E-state index contributed by atoms with van der Waals surface area (Å²) in [7, 11) is 0. The molecule has 0 aromatic carbocycles. The molecule has 0 saturated heterocycles. The maximum absolute atomic E-state index is 10.7. The van der Waals surface area contributed by atoms with Crippen molar-refractivity contribution in [3.8, 4) is 0 Å². The van der Waals surface area contributed by atoms with Gasteiger partial charge in [-0.3, -0.25) is 10.1 Å². The summed E-state index contributed by atoms with van der Waals surface area (Å²) in [5.41, 5.74) is -1.08. The zero-order chi connectivity index (χ0) is 12.3. The van der Waals surface area contributed by atoms with Crippen LogP contribution < -0.4 is 5.32 Å². The average Bonchev–Trinajstić information content (AvgIpc) is 2.14. The third-order valence-corrected chi connectivity index (χ3v) is 2.15. The van der Waals surface area contributed by atoms with Crippen molar-refractivity contribution in [2.24, 2.45) is 0 Å². The Kier molecular flexibility index (Phi) is 3.82. The van der Waals surface area contributed by atoms with Crippen molar-refractivity contribution in [3.63, 3.8) is 0 Å². The third-order valence-electron chi connectivity index (χ3n) is 1.72. The number of nitrogens with one attached hydrogen (secondary N) is 1. The van der Waals surface area contributed by atoms with E-state index in [2.05, 4.69) is 26.2 Å². The van der Waals surface area contributed by atoms with Crippen molar-refractivity contribution in [1.82, 2.24) is 4.98 Å². The first-order chi connectivity index (χ1) is 7.29. The van der Waals surface area contributed by atoms with Crippen molar-refractivity contribution in [2.45, 2.75) is 19.4 Å². The zero-order valence-electron chi connectivity index (χ0n) is 8.90. The molecule has 0 fully saturated rings. The lowest BCUT2D eigenvalue weighted by Gasteiger charge is -2.17. The standard InChI is InChI=1S/C9H12BrN3O3/c1-9(2,14)5-12-8-7(13(15)16)3-6(10)4-11-8/h3-4,14H,5H2,1-2H3,(H,11,12). The van der Waals surface area contributed by atoms with Crippen LogP contribution >= 0.6 is 15.9 Å². The highest BCUT2D eigenvalue weighted by molar-refractivity contribution is 9.10. The molecule has 0 aliphatic rings. The lowest BCUT2D eigenvalue weighted by Crippen LogP contribution is -2.29. The average molecular weight is 290 g/mol. The first-order valence-electron chi connectivity index (χ1n) is 4.56. The van der Waals surface area contributed by atoms with Gasteiger partial charge in [0.1, 0.15) is 0 Å². The fourth-order valence-corrected chi connectivity index (χ4v) is 1.32. The summed E-state index contributed by atoms with van der Waals surface area (Å²) < 4.78 is 0.535. The molecule has 2 N–H and O–H groups in total. The maximum Gasteiger partial charge on any atom is 0.312 e. The molecular formula is C9H12BrN3O3. The van der Waals surface area contributed by atoms with Gasteiger partial charge in [0.15, 0.2) is 0 Å². The number of nitrogens with zero attached hydrogens (tertiary/aromatic N) is 2. The highest BCUT2D eigenvalue weighted by Crippen LogP contribution is 2.25. The molecule has 1 aromatic rings. The number of aromatic nitrogens is 1. The number of pyridine rings is 1. The van der Waals surface area contributed by atoms with E-state index in [1.165, 1.54) is 12.3 Å². The van der Waals surface area contributed by atoms with Crippen LogP contribution in [0.3, 0.4) is 0 Å². The Hall–Kier alpha value is -1.21. The minimum Gasteiger partial charge on any atom is -0.389 e. The lowest BCUT2D eigenvalue weighted by molar-refractivity contribution is -0.384. The van der Waals surface area contributed by atoms with Gasteiger partial charge in [0.2, 0.25) is 5.82 Å². The van der Waals surface area contributed by atoms with Gasteiger partial charge in [-0.05, 0) is 29.8 Å². The second kappa shape index (κ2) is 4.75. The summed E-state index contributed by atoms with van der Waals surface area (Å²) in [6.45, 7) is 3.39. The Labute approximate surface area is 101 Å². The summed E-state index contributed by atoms with van der Waals surface area (Å²) in [6.07, 6.45) is 1.46. The molecule has 7 heteroatoms. The summed E-state index contributed by atoms with van der Waals surface area (Å²) in [5.74, 6) is 0.148. The predicted molar refractivity (Wildman–Crippen MR) is 63.4 cm³/mol. The third kappa shape index (κ3) is 3.74. The van der Waals surface area contributed by atoms with E-state index in [0.29, 0.717) is 4.47 Å². The van der Waals surface area contributed by atoms with Crippen LogP contribution in [0.5, 0.6) is 0 Å². The van der Waals surface area contributed by atoms with Crippen molar-refractivity contribution >= 4 is 27.4 Å². The normalized spacial score (nSPS) is 11.2. The molecule has 16 heavy (non-hydrogen) atoms. The summed E-state index contributed by atoms with van der Waals surface area (Å²) in [6, 6.07) is 1.36.